The van der Waals surface area contributed by atoms with Crippen LogP contribution in [0.4, 0.5) is 11.5 Å². The Kier molecular flexibility index (Phi) is 7.84. The monoisotopic (exact) mass is 601 g/mol. The molecule has 220 valence electrons. The Bertz CT molecular complexity index is 1560. The number of aromatic nitrogens is 3. The van der Waals surface area contributed by atoms with Crippen molar-refractivity contribution in [2.45, 2.75) is 56.5 Å². The van der Waals surface area contributed by atoms with Crippen LogP contribution in [0.25, 0.3) is 5.65 Å². The number of benzene rings is 1. The van der Waals surface area contributed by atoms with Crippen LogP contribution in [0, 0.1) is 0 Å². The van der Waals surface area contributed by atoms with Gasteiger partial charge in [-0.3, -0.25) is 9.52 Å². The molecule has 0 radical (unpaired) electrons. The van der Waals surface area contributed by atoms with E-state index >= 15 is 0 Å². The summed E-state index contributed by atoms with van der Waals surface area (Å²) in [6.45, 7) is 3.34. The highest BCUT2D eigenvalue weighted by atomic mass is 35.5. The normalized spacial score (nSPS) is 23.7. The molecule has 3 N–H and O–H groups in total. The fourth-order valence-electron chi connectivity index (χ4n) is 6.29. The van der Waals surface area contributed by atoms with Crippen LogP contribution in [0.1, 0.15) is 72.2 Å². The number of nitrogens with one attached hydrogen (secondary N) is 1. The molecule has 1 unspecified atom stereocenters. The second-order valence-corrected chi connectivity index (χ2v) is 13.5. The first-order chi connectivity index (χ1) is 19.7. The zero-order valence-corrected chi connectivity index (χ0v) is 24.7. The van der Waals surface area contributed by atoms with Crippen molar-refractivity contribution >= 4 is 44.7 Å². The van der Waals surface area contributed by atoms with Crippen molar-refractivity contribution in [1.82, 2.24) is 19.5 Å². The SMILES string of the molecule is CS(=O)(=O)Nc1ccc(Cl)cc1C(=O)N1CCCC[C@H]1c1cc2nc(C3CC[C@@H](N)C3)cc(N3CCOCC3)n2n1. The summed E-state index contributed by atoms with van der Waals surface area (Å²) in [6, 6.07) is 8.65. The fourth-order valence-corrected chi connectivity index (χ4v) is 7.04. The van der Waals surface area contributed by atoms with Gasteiger partial charge in [-0.2, -0.15) is 9.61 Å². The Morgan fingerprint density at radius 2 is 1.88 bits per heavy atom. The number of ether oxygens (including phenoxy) is 1. The number of halogens is 1. The van der Waals surface area contributed by atoms with E-state index in [1.807, 2.05) is 10.6 Å². The highest BCUT2D eigenvalue weighted by Gasteiger charge is 2.33. The van der Waals surface area contributed by atoms with Crippen LogP contribution >= 0.6 is 11.6 Å². The number of hydrogen-bond donors (Lipinski definition) is 2. The number of amides is 1. The molecule has 13 heteroatoms. The van der Waals surface area contributed by atoms with Gasteiger partial charge in [0.25, 0.3) is 5.91 Å². The molecule has 6 rings (SSSR count). The van der Waals surface area contributed by atoms with Gasteiger partial charge in [0.1, 0.15) is 5.82 Å². The molecule has 11 nitrogen and oxygen atoms in total. The van der Waals surface area contributed by atoms with E-state index in [-0.39, 0.29) is 29.2 Å². The number of rotatable bonds is 6. The molecule has 2 aromatic heterocycles. The molecular formula is C28H36ClN7O4S. The largest absolute Gasteiger partial charge is 0.378 e. The predicted molar refractivity (Wildman–Crippen MR) is 158 cm³/mol. The van der Waals surface area contributed by atoms with Crippen molar-refractivity contribution in [3.8, 4) is 0 Å². The van der Waals surface area contributed by atoms with Gasteiger partial charge in [0.15, 0.2) is 5.65 Å². The van der Waals surface area contributed by atoms with Crippen LogP contribution in [0.15, 0.2) is 30.3 Å². The summed E-state index contributed by atoms with van der Waals surface area (Å²) in [7, 11) is -3.60. The Balaban J connectivity index is 1.39. The van der Waals surface area contributed by atoms with Gasteiger partial charge in [-0.15, -0.1) is 0 Å². The molecule has 3 atom stereocenters. The van der Waals surface area contributed by atoms with Gasteiger partial charge in [0, 0.05) is 54.4 Å². The number of fused-ring (bicyclic) bond motifs is 1. The zero-order chi connectivity index (χ0) is 28.7. The first-order valence-corrected chi connectivity index (χ1v) is 16.5. The summed E-state index contributed by atoms with van der Waals surface area (Å²) < 4.78 is 34.0. The maximum atomic E-state index is 14.0. The van der Waals surface area contributed by atoms with Gasteiger partial charge < -0.3 is 20.3 Å². The molecule has 1 saturated carbocycles. The lowest BCUT2D eigenvalue weighted by Crippen LogP contribution is -2.39. The van der Waals surface area contributed by atoms with E-state index in [0.29, 0.717) is 30.7 Å². The quantitative estimate of drug-likeness (QED) is 0.438. The Labute approximate surface area is 245 Å². The first-order valence-electron chi connectivity index (χ1n) is 14.2. The molecule has 3 aromatic rings. The maximum absolute atomic E-state index is 14.0. The van der Waals surface area contributed by atoms with Gasteiger partial charge >= 0.3 is 0 Å². The second-order valence-electron chi connectivity index (χ2n) is 11.3. The van der Waals surface area contributed by atoms with Crippen LogP contribution in [-0.2, 0) is 14.8 Å². The Morgan fingerprint density at radius 1 is 1.07 bits per heavy atom. The number of hydrogen-bond acceptors (Lipinski definition) is 8. The molecular weight excluding hydrogens is 566 g/mol. The van der Waals surface area contributed by atoms with Gasteiger partial charge in [0.05, 0.1) is 42.5 Å². The maximum Gasteiger partial charge on any atom is 0.256 e. The van der Waals surface area contributed by atoms with Crippen molar-refractivity contribution in [3.05, 3.63) is 52.3 Å². The Morgan fingerprint density at radius 3 is 2.61 bits per heavy atom. The van der Waals surface area contributed by atoms with Crippen molar-refractivity contribution in [1.29, 1.82) is 0 Å². The van der Waals surface area contributed by atoms with Crippen molar-refractivity contribution in [3.63, 3.8) is 0 Å². The number of likely N-dealkylation sites (tertiary alicyclic amines) is 1. The predicted octanol–water partition coefficient (Wildman–Crippen LogP) is 3.55. The third-order valence-corrected chi connectivity index (χ3v) is 9.11. The summed E-state index contributed by atoms with van der Waals surface area (Å²) >= 11 is 6.25. The zero-order valence-electron chi connectivity index (χ0n) is 23.1. The lowest BCUT2D eigenvalue weighted by Gasteiger charge is -2.35. The third-order valence-electron chi connectivity index (χ3n) is 8.29. The van der Waals surface area contributed by atoms with E-state index in [2.05, 4.69) is 15.7 Å². The third kappa shape index (κ3) is 6.01. The van der Waals surface area contributed by atoms with E-state index in [4.69, 9.17) is 32.2 Å². The van der Waals surface area contributed by atoms with Crippen LogP contribution in [0.2, 0.25) is 5.02 Å². The molecule has 3 aliphatic rings. The topological polar surface area (TPSA) is 135 Å². The molecule has 1 aromatic carbocycles. The summed E-state index contributed by atoms with van der Waals surface area (Å²) in [5.41, 5.74) is 9.21. The molecule has 2 saturated heterocycles. The molecule has 3 fully saturated rings. The van der Waals surface area contributed by atoms with E-state index in [1.165, 1.54) is 12.1 Å². The average molecular weight is 602 g/mol. The van der Waals surface area contributed by atoms with Crippen molar-refractivity contribution in [2.75, 3.05) is 48.7 Å². The number of sulfonamides is 1. The number of nitrogens with zero attached hydrogens (tertiary/aromatic N) is 5. The minimum absolute atomic E-state index is 0.195. The molecule has 0 bridgehead atoms. The van der Waals surface area contributed by atoms with Crippen LogP contribution in [-0.4, -0.2) is 79.0 Å². The Hall–Kier alpha value is -2.93. The number of carbonyl (C=O) groups is 1. The number of carbonyl (C=O) groups excluding carboxylic acids is 1. The van der Waals surface area contributed by atoms with E-state index < -0.39 is 10.0 Å². The van der Waals surface area contributed by atoms with Gasteiger partial charge in [-0.25, -0.2) is 13.4 Å². The van der Waals surface area contributed by atoms with Crippen LogP contribution < -0.4 is 15.4 Å². The summed E-state index contributed by atoms with van der Waals surface area (Å²) in [6.07, 6.45) is 6.51. The molecule has 1 amide bonds. The lowest BCUT2D eigenvalue weighted by atomic mass is 9.98. The standard InChI is InChI=1S/C28H36ClN7O4S/c1-41(38,39)33-22-8-6-19(29)15-21(22)28(37)35-9-3-2-4-25(35)24-16-26-31-23(18-5-7-20(30)14-18)17-27(36(26)32-24)34-10-12-40-13-11-34/h6,8,15-18,20,25,33H,2-5,7,9-14,30H2,1H3/t18?,20-,25+/m1/s1. The molecule has 2 aliphatic heterocycles. The molecule has 0 spiro atoms. The number of nitrogens with two attached hydrogens (primary N) is 1. The second kappa shape index (κ2) is 11.4. The molecule has 41 heavy (non-hydrogen) atoms. The lowest BCUT2D eigenvalue weighted by molar-refractivity contribution is 0.0607. The molecule has 4 heterocycles. The minimum atomic E-state index is -3.60. The van der Waals surface area contributed by atoms with Gasteiger partial charge in [0.2, 0.25) is 10.0 Å². The highest BCUT2D eigenvalue weighted by molar-refractivity contribution is 7.92. The minimum Gasteiger partial charge on any atom is -0.378 e. The van der Waals surface area contributed by atoms with Crippen LogP contribution in [0.3, 0.4) is 0 Å². The highest BCUT2D eigenvalue weighted by Crippen LogP contribution is 2.37. The van der Waals surface area contributed by atoms with E-state index in [9.17, 15) is 13.2 Å². The molecule has 1 aliphatic carbocycles. The fraction of sp³-hybridized carbons (Fsp3) is 0.536. The first kappa shape index (κ1) is 28.2. The summed E-state index contributed by atoms with van der Waals surface area (Å²) in [4.78, 5) is 23.1. The van der Waals surface area contributed by atoms with Gasteiger partial charge in [-0.05, 0) is 56.7 Å². The van der Waals surface area contributed by atoms with E-state index in [1.54, 1.807) is 11.0 Å². The van der Waals surface area contributed by atoms with E-state index in [0.717, 1.165) is 80.7 Å². The average Bonchev–Trinajstić information content (AvgIpc) is 3.59. The van der Waals surface area contributed by atoms with Crippen molar-refractivity contribution in [2.24, 2.45) is 5.73 Å². The number of morpholine rings is 1. The summed E-state index contributed by atoms with van der Waals surface area (Å²) in [5.74, 6) is 0.995. The summed E-state index contributed by atoms with van der Waals surface area (Å²) in [5, 5.41) is 5.39. The number of piperidine rings is 1. The number of anilines is 2. The smallest absolute Gasteiger partial charge is 0.256 e. The van der Waals surface area contributed by atoms with Crippen LogP contribution in [0.5, 0.6) is 0 Å². The van der Waals surface area contributed by atoms with Crippen molar-refractivity contribution < 1.29 is 17.9 Å². The van der Waals surface area contributed by atoms with Gasteiger partial charge in [-0.1, -0.05) is 11.6 Å².